The average molecular weight is 366 g/mol. The molecule has 1 unspecified atom stereocenters. The molecule has 0 aromatic heterocycles. The highest BCUT2D eigenvalue weighted by molar-refractivity contribution is 5.90. The van der Waals surface area contributed by atoms with Gasteiger partial charge in [-0.2, -0.15) is 0 Å². The molecule has 1 spiro atoms. The Labute approximate surface area is 155 Å². The molecule has 6 heteroatoms. The van der Waals surface area contributed by atoms with Crippen molar-refractivity contribution in [1.82, 2.24) is 10.6 Å². The van der Waals surface area contributed by atoms with Crippen LogP contribution in [0.4, 0.5) is 5.69 Å². The summed E-state index contributed by atoms with van der Waals surface area (Å²) in [6.07, 6.45) is 4.67. The summed E-state index contributed by atoms with van der Waals surface area (Å²) in [5.41, 5.74) is 2.14. The second-order valence-corrected chi connectivity index (χ2v) is 7.08. The summed E-state index contributed by atoms with van der Waals surface area (Å²) in [7, 11) is 0. The molecule has 1 aliphatic carbocycles. The summed E-state index contributed by atoms with van der Waals surface area (Å²) in [6.45, 7) is 4.61. The van der Waals surface area contributed by atoms with Gasteiger partial charge in [0.15, 0.2) is 0 Å². The van der Waals surface area contributed by atoms with E-state index in [1.165, 1.54) is 0 Å². The smallest absolute Gasteiger partial charge is 0.224 e. The van der Waals surface area contributed by atoms with Crippen molar-refractivity contribution < 1.29 is 9.59 Å². The minimum atomic E-state index is 0. The molecular formula is C19H28ClN3O2. The quantitative estimate of drug-likeness (QED) is 0.726. The first-order valence-corrected chi connectivity index (χ1v) is 9.00. The molecule has 25 heavy (non-hydrogen) atoms. The van der Waals surface area contributed by atoms with Crippen molar-refractivity contribution in [2.24, 2.45) is 11.3 Å². The fourth-order valence-electron chi connectivity index (χ4n) is 3.66. The maximum Gasteiger partial charge on any atom is 0.224 e. The molecule has 3 N–H and O–H groups in total. The molecule has 3 rings (SSSR count). The minimum Gasteiger partial charge on any atom is -0.352 e. The van der Waals surface area contributed by atoms with Crippen molar-refractivity contribution in [3.8, 4) is 0 Å². The van der Waals surface area contributed by atoms with Gasteiger partial charge in [-0.05, 0) is 61.9 Å². The van der Waals surface area contributed by atoms with E-state index in [1.54, 1.807) is 0 Å². The first kappa shape index (κ1) is 19.7. The van der Waals surface area contributed by atoms with Crippen LogP contribution in [0.5, 0.6) is 0 Å². The summed E-state index contributed by atoms with van der Waals surface area (Å²) >= 11 is 0. The number of carbonyl (C=O) groups is 2. The molecule has 1 aromatic carbocycles. The lowest BCUT2D eigenvalue weighted by Gasteiger charge is -2.23. The van der Waals surface area contributed by atoms with Gasteiger partial charge in [0.2, 0.25) is 11.8 Å². The number of anilines is 1. The van der Waals surface area contributed by atoms with E-state index in [2.05, 4.69) is 16.0 Å². The molecule has 0 bridgehead atoms. The van der Waals surface area contributed by atoms with Crippen molar-refractivity contribution >= 4 is 29.9 Å². The number of nitrogens with one attached hydrogen (secondary N) is 3. The van der Waals surface area contributed by atoms with E-state index < -0.39 is 0 Å². The Balaban J connectivity index is 0.00000225. The van der Waals surface area contributed by atoms with Crippen LogP contribution in [0.1, 0.15) is 44.6 Å². The molecule has 2 amide bonds. The highest BCUT2D eigenvalue weighted by atomic mass is 35.5. The van der Waals surface area contributed by atoms with Gasteiger partial charge in [-0.3, -0.25) is 9.59 Å². The summed E-state index contributed by atoms with van der Waals surface area (Å²) in [5.74, 6) is 0.434. The number of amides is 2. The fraction of sp³-hybridized carbons (Fsp3) is 0.579. The topological polar surface area (TPSA) is 70.2 Å². The van der Waals surface area contributed by atoms with E-state index >= 15 is 0 Å². The molecular weight excluding hydrogens is 338 g/mol. The monoisotopic (exact) mass is 365 g/mol. The van der Waals surface area contributed by atoms with Gasteiger partial charge in [-0.1, -0.05) is 19.1 Å². The Morgan fingerprint density at radius 1 is 1.20 bits per heavy atom. The Bertz CT molecular complexity index is 597. The normalized spacial score (nSPS) is 20.4. The van der Waals surface area contributed by atoms with E-state index in [0.717, 1.165) is 50.0 Å². The maximum atomic E-state index is 12.3. The zero-order valence-electron chi connectivity index (χ0n) is 14.8. The van der Waals surface area contributed by atoms with E-state index in [1.807, 2.05) is 31.2 Å². The molecule has 1 aromatic rings. The second kappa shape index (κ2) is 8.68. The lowest BCUT2D eigenvalue weighted by atomic mass is 9.92. The van der Waals surface area contributed by atoms with E-state index in [-0.39, 0.29) is 35.6 Å². The molecule has 2 fully saturated rings. The first-order valence-electron chi connectivity index (χ1n) is 9.00. The van der Waals surface area contributed by atoms with Crippen molar-refractivity contribution in [2.45, 2.75) is 45.6 Å². The molecule has 1 heterocycles. The van der Waals surface area contributed by atoms with Gasteiger partial charge in [0.05, 0.1) is 0 Å². The lowest BCUT2D eigenvalue weighted by Crippen LogP contribution is -2.33. The Kier molecular flexibility index (Phi) is 6.85. The number of hydrogen-bond donors (Lipinski definition) is 3. The van der Waals surface area contributed by atoms with Crippen LogP contribution < -0.4 is 16.0 Å². The van der Waals surface area contributed by atoms with Gasteiger partial charge in [0, 0.05) is 24.6 Å². The van der Waals surface area contributed by atoms with Crippen LogP contribution in [-0.2, 0) is 16.1 Å². The van der Waals surface area contributed by atoms with Crippen LogP contribution in [0.2, 0.25) is 0 Å². The molecule has 1 saturated heterocycles. The predicted octanol–water partition coefficient (Wildman–Crippen LogP) is 2.85. The van der Waals surface area contributed by atoms with E-state index in [9.17, 15) is 9.59 Å². The maximum absolute atomic E-state index is 12.3. The summed E-state index contributed by atoms with van der Waals surface area (Å²) in [5, 5.41) is 9.30. The molecule has 138 valence electrons. The molecule has 2 aliphatic rings. The van der Waals surface area contributed by atoms with Crippen molar-refractivity contribution in [1.29, 1.82) is 0 Å². The van der Waals surface area contributed by atoms with Gasteiger partial charge in [-0.15, -0.1) is 12.4 Å². The molecule has 5 nitrogen and oxygen atoms in total. The number of carbonyl (C=O) groups excluding carboxylic acids is 2. The molecule has 1 saturated carbocycles. The van der Waals surface area contributed by atoms with Crippen LogP contribution in [0.25, 0.3) is 0 Å². The van der Waals surface area contributed by atoms with Crippen LogP contribution >= 0.6 is 12.4 Å². The first-order chi connectivity index (χ1) is 11.6. The number of benzene rings is 1. The summed E-state index contributed by atoms with van der Waals surface area (Å²) in [4.78, 5) is 23.9. The fourth-order valence-corrected chi connectivity index (χ4v) is 3.66. The number of hydrogen-bond acceptors (Lipinski definition) is 3. The van der Waals surface area contributed by atoms with Gasteiger partial charge in [-0.25, -0.2) is 0 Å². The SMILES string of the molecule is CCCC(=O)Nc1ccc(CNC(=O)C2CC23CCNCC3)cc1.Cl. The third kappa shape index (κ3) is 4.95. The third-order valence-electron chi connectivity index (χ3n) is 5.29. The second-order valence-electron chi connectivity index (χ2n) is 7.08. The van der Waals surface area contributed by atoms with Crippen LogP contribution in [-0.4, -0.2) is 24.9 Å². The largest absolute Gasteiger partial charge is 0.352 e. The van der Waals surface area contributed by atoms with E-state index in [4.69, 9.17) is 0 Å². The van der Waals surface area contributed by atoms with E-state index in [0.29, 0.717) is 13.0 Å². The summed E-state index contributed by atoms with van der Waals surface area (Å²) in [6, 6.07) is 7.69. The van der Waals surface area contributed by atoms with Gasteiger partial charge < -0.3 is 16.0 Å². The van der Waals surface area contributed by atoms with Gasteiger partial charge in [0.25, 0.3) is 0 Å². The zero-order chi connectivity index (χ0) is 17.0. The molecule has 1 aliphatic heterocycles. The van der Waals surface area contributed by atoms with Gasteiger partial charge in [0.1, 0.15) is 0 Å². The summed E-state index contributed by atoms with van der Waals surface area (Å²) < 4.78 is 0. The third-order valence-corrected chi connectivity index (χ3v) is 5.29. The highest BCUT2D eigenvalue weighted by Gasteiger charge is 2.57. The lowest BCUT2D eigenvalue weighted by molar-refractivity contribution is -0.123. The predicted molar refractivity (Wildman–Crippen MR) is 102 cm³/mol. The van der Waals surface area contributed by atoms with Crippen LogP contribution in [0.15, 0.2) is 24.3 Å². The van der Waals surface area contributed by atoms with Crippen LogP contribution in [0, 0.1) is 11.3 Å². The minimum absolute atomic E-state index is 0. The average Bonchev–Trinajstić information content (AvgIpc) is 3.28. The number of rotatable bonds is 6. The molecule has 1 atom stereocenters. The standard InChI is InChI=1S/C19H27N3O2.ClH/c1-2-3-17(23)22-15-6-4-14(5-7-15)13-21-18(24)16-12-19(16)8-10-20-11-9-19;/h4-7,16,20H,2-3,8-13H2,1H3,(H,21,24)(H,22,23);1H. The van der Waals surface area contributed by atoms with Crippen LogP contribution in [0.3, 0.4) is 0 Å². The zero-order valence-corrected chi connectivity index (χ0v) is 15.6. The Morgan fingerprint density at radius 3 is 2.52 bits per heavy atom. The number of piperidine rings is 1. The Morgan fingerprint density at radius 2 is 1.88 bits per heavy atom. The van der Waals surface area contributed by atoms with Crippen molar-refractivity contribution in [3.05, 3.63) is 29.8 Å². The van der Waals surface area contributed by atoms with Crippen molar-refractivity contribution in [2.75, 3.05) is 18.4 Å². The Hall–Kier alpha value is -1.59. The number of halogens is 1. The van der Waals surface area contributed by atoms with Gasteiger partial charge >= 0.3 is 0 Å². The molecule has 0 radical (unpaired) electrons. The van der Waals surface area contributed by atoms with Crippen molar-refractivity contribution in [3.63, 3.8) is 0 Å². The highest BCUT2D eigenvalue weighted by Crippen LogP contribution is 2.58.